The van der Waals surface area contributed by atoms with E-state index >= 15 is 0 Å². The van der Waals surface area contributed by atoms with Gasteiger partial charge in [-0.15, -0.1) is 0 Å². The molecule has 1 saturated heterocycles. The summed E-state index contributed by atoms with van der Waals surface area (Å²) in [5.74, 6) is 0.755. The molecular formula is C17H31NO3. The number of ether oxygens (including phenoxy) is 2. The summed E-state index contributed by atoms with van der Waals surface area (Å²) in [6.07, 6.45) is 9.79. The van der Waals surface area contributed by atoms with Crippen molar-refractivity contribution in [1.29, 1.82) is 0 Å². The van der Waals surface area contributed by atoms with Crippen molar-refractivity contribution >= 4 is 5.91 Å². The van der Waals surface area contributed by atoms with Gasteiger partial charge in [-0.05, 0) is 51.4 Å². The van der Waals surface area contributed by atoms with Crippen LogP contribution in [0.25, 0.3) is 0 Å². The first kappa shape index (κ1) is 16.8. The SMILES string of the molecule is C[C@@H]1CCC[C@H](OCC(=O)N[C@@H](C)CC[C@H]2CCCO2)C1. The second-order valence-electron chi connectivity index (χ2n) is 6.89. The summed E-state index contributed by atoms with van der Waals surface area (Å²) in [5.41, 5.74) is 0. The van der Waals surface area contributed by atoms with E-state index in [4.69, 9.17) is 9.47 Å². The number of hydrogen-bond acceptors (Lipinski definition) is 3. The van der Waals surface area contributed by atoms with Crippen molar-refractivity contribution in [3.63, 3.8) is 0 Å². The van der Waals surface area contributed by atoms with Crippen LogP contribution >= 0.6 is 0 Å². The Labute approximate surface area is 129 Å². The summed E-state index contributed by atoms with van der Waals surface area (Å²) in [5, 5.41) is 3.04. The molecule has 0 aromatic carbocycles. The fraction of sp³-hybridized carbons (Fsp3) is 0.941. The highest BCUT2D eigenvalue weighted by molar-refractivity contribution is 5.77. The van der Waals surface area contributed by atoms with E-state index in [1.165, 1.54) is 25.7 Å². The molecule has 2 aliphatic rings. The van der Waals surface area contributed by atoms with Crippen LogP contribution in [0.4, 0.5) is 0 Å². The maximum absolute atomic E-state index is 11.9. The Morgan fingerprint density at radius 1 is 1.33 bits per heavy atom. The van der Waals surface area contributed by atoms with E-state index in [0.29, 0.717) is 6.10 Å². The van der Waals surface area contributed by atoms with Crippen molar-refractivity contribution in [2.75, 3.05) is 13.2 Å². The average molecular weight is 297 g/mol. The van der Waals surface area contributed by atoms with Crippen LogP contribution in [-0.4, -0.2) is 37.4 Å². The van der Waals surface area contributed by atoms with Crippen molar-refractivity contribution in [1.82, 2.24) is 5.32 Å². The van der Waals surface area contributed by atoms with E-state index in [-0.39, 0.29) is 24.7 Å². The molecular weight excluding hydrogens is 266 g/mol. The Bertz CT molecular complexity index is 315. The third kappa shape index (κ3) is 6.35. The zero-order valence-electron chi connectivity index (χ0n) is 13.6. The number of carbonyl (C=O) groups is 1. The molecule has 1 saturated carbocycles. The fourth-order valence-corrected chi connectivity index (χ4v) is 3.42. The second kappa shape index (κ2) is 8.74. The van der Waals surface area contributed by atoms with Gasteiger partial charge in [-0.2, -0.15) is 0 Å². The molecule has 4 heteroatoms. The molecule has 0 spiro atoms. The van der Waals surface area contributed by atoms with Crippen molar-refractivity contribution in [2.24, 2.45) is 5.92 Å². The normalized spacial score (nSPS) is 31.0. The Morgan fingerprint density at radius 2 is 2.19 bits per heavy atom. The highest BCUT2D eigenvalue weighted by Gasteiger charge is 2.21. The largest absolute Gasteiger partial charge is 0.378 e. The van der Waals surface area contributed by atoms with Gasteiger partial charge in [-0.25, -0.2) is 0 Å². The predicted molar refractivity (Wildman–Crippen MR) is 83.2 cm³/mol. The molecule has 1 aliphatic carbocycles. The first-order valence-electron chi connectivity index (χ1n) is 8.66. The van der Waals surface area contributed by atoms with Crippen LogP contribution in [0.15, 0.2) is 0 Å². The molecule has 1 aliphatic heterocycles. The molecule has 1 heterocycles. The topological polar surface area (TPSA) is 47.6 Å². The highest BCUT2D eigenvalue weighted by atomic mass is 16.5. The van der Waals surface area contributed by atoms with Gasteiger partial charge >= 0.3 is 0 Å². The van der Waals surface area contributed by atoms with E-state index in [1.54, 1.807) is 0 Å². The highest BCUT2D eigenvalue weighted by Crippen LogP contribution is 2.25. The lowest BCUT2D eigenvalue weighted by Crippen LogP contribution is -2.37. The van der Waals surface area contributed by atoms with E-state index in [2.05, 4.69) is 19.2 Å². The van der Waals surface area contributed by atoms with Gasteiger partial charge in [0.1, 0.15) is 6.61 Å². The van der Waals surface area contributed by atoms with Gasteiger partial charge in [0.25, 0.3) is 0 Å². The maximum Gasteiger partial charge on any atom is 0.246 e. The molecule has 2 rings (SSSR count). The van der Waals surface area contributed by atoms with E-state index in [9.17, 15) is 4.79 Å². The number of amides is 1. The monoisotopic (exact) mass is 297 g/mol. The molecule has 0 bridgehead atoms. The van der Waals surface area contributed by atoms with Crippen LogP contribution in [0.3, 0.4) is 0 Å². The van der Waals surface area contributed by atoms with E-state index in [1.807, 2.05) is 0 Å². The third-order valence-corrected chi connectivity index (χ3v) is 4.69. The van der Waals surface area contributed by atoms with Crippen molar-refractivity contribution in [3.05, 3.63) is 0 Å². The van der Waals surface area contributed by atoms with Gasteiger partial charge in [0, 0.05) is 12.6 Å². The Morgan fingerprint density at radius 3 is 2.90 bits per heavy atom. The van der Waals surface area contributed by atoms with Crippen molar-refractivity contribution in [2.45, 2.75) is 83.5 Å². The minimum absolute atomic E-state index is 0.0214. The molecule has 4 atom stereocenters. The predicted octanol–water partition coefficient (Wildman–Crippen LogP) is 3.05. The molecule has 0 radical (unpaired) electrons. The van der Waals surface area contributed by atoms with E-state index < -0.39 is 0 Å². The standard InChI is InChI=1S/C17H31NO3/c1-13-5-3-6-16(11-13)21-12-17(19)18-14(2)8-9-15-7-4-10-20-15/h13-16H,3-12H2,1-2H3,(H,18,19)/t13-,14+,15-,16+/m1/s1. The van der Waals surface area contributed by atoms with Crippen LogP contribution in [-0.2, 0) is 14.3 Å². The summed E-state index contributed by atoms with van der Waals surface area (Å²) in [4.78, 5) is 11.9. The molecule has 2 fully saturated rings. The van der Waals surface area contributed by atoms with Gasteiger partial charge in [0.15, 0.2) is 0 Å². The summed E-state index contributed by atoms with van der Waals surface area (Å²) in [7, 11) is 0. The van der Waals surface area contributed by atoms with Gasteiger partial charge < -0.3 is 14.8 Å². The lowest BCUT2D eigenvalue weighted by Gasteiger charge is -2.26. The van der Waals surface area contributed by atoms with Gasteiger partial charge in [-0.3, -0.25) is 4.79 Å². The van der Waals surface area contributed by atoms with Gasteiger partial charge in [0.2, 0.25) is 5.91 Å². The first-order valence-corrected chi connectivity index (χ1v) is 8.66. The van der Waals surface area contributed by atoms with Crippen LogP contribution in [0.1, 0.15) is 65.2 Å². The van der Waals surface area contributed by atoms with Crippen molar-refractivity contribution < 1.29 is 14.3 Å². The Balaban J connectivity index is 1.55. The number of hydrogen-bond donors (Lipinski definition) is 1. The van der Waals surface area contributed by atoms with E-state index in [0.717, 1.165) is 38.2 Å². The molecule has 1 N–H and O–H groups in total. The summed E-state index contributed by atoms with van der Waals surface area (Å²) in [6.45, 7) is 5.44. The molecule has 122 valence electrons. The number of rotatable bonds is 7. The second-order valence-corrected chi connectivity index (χ2v) is 6.89. The minimum Gasteiger partial charge on any atom is -0.378 e. The Hall–Kier alpha value is -0.610. The lowest BCUT2D eigenvalue weighted by molar-refractivity contribution is -0.129. The van der Waals surface area contributed by atoms with Crippen LogP contribution < -0.4 is 5.32 Å². The molecule has 21 heavy (non-hydrogen) atoms. The minimum atomic E-state index is 0.0214. The average Bonchev–Trinajstić information content (AvgIpc) is 2.96. The molecule has 1 amide bonds. The molecule has 0 aromatic heterocycles. The Kier molecular flexibility index (Phi) is 6.97. The number of nitrogens with one attached hydrogen (secondary N) is 1. The zero-order valence-corrected chi connectivity index (χ0v) is 13.6. The lowest BCUT2D eigenvalue weighted by atomic mass is 9.89. The summed E-state index contributed by atoms with van der Waals surface area (Å²) >= 11 is 0. The number of carbonyl (C=O) groups excluding carboxylic acids is 1. The smallest absolute Gasteiger partial charge is 0.246 e. The molecule has 4 nitrogen and oxygen atoms in total. The van der Waals surface area contributed by atoms with Crippen LogP contribution in [0.2, 0.25) is 0 Å². The zero-order chi connectivity index (χ0) is 15.1. The first-order chi connectivity index (χ1) is 10.1. The summed E-state index contributed by atoms with van der Waals surface area (Å²) < 4.78 is 11.4. The fourth-order valence-electron chi connectivity index (χ4n) is 3.42. The maximum atomic E-state index is 11.9. The van der Waals surface area contributed by atoms with Crippen LogP contribution in [0.5, 0.6) is 0 Å². The van der Waals surface area contributed by atoms with Crippen LogP contribution in [0, 0.1) is 5.92 Å². The van der Waals surface area contributed by atoms with Gasteiger partial charge in [-0.1, -0.05) is 19.8 Å². The third-order valence-electron chi connectivity index (χ3n) is 4.69. The summed E-state index contributed by atoms with van der Waals surface area (Å²) in [6, 6.07) is 0.204. The quantitative estimate of drug-likeness (QED) is 0.785. The molecule has 0 unspecified atom stereocenters. The van der Waals surface area contributed by atoms with Gasteiger partial charge in [0.05, 0.1) is 12.2 Å². The van der Waals surface area contributed by atoms with Crippen molar-refractivity contribution in [3.8, 4) is 0 Å². The molecule has 0 aromatic rings.